The minimum atomic E-state index is -0.188. The topological polar surface area (TPSA) is 61.9 Å². The average molecular weight is 244 g/mol. The standard InChI is InChI=1S/C13H16N4O/c1-4-17(11-7-5-6-9(2)8-11)13(18)12-14-10(3)15-16-12/h5-8H,4H2,1-3H3,(H,14,15,16). The minimum absolute atomic E-state index is 0.188. The lowest BCUT2D eigenvalue weighted by Crippen LogP contribution is -2.31. The van der Waals surface area contributed by atoms with Crippen LogP contribution in [0.5, 0.6) is 0 Å². The predicted octanol–water partition coefficient (Wildman–Crippen LogP) is 2.09. The predicted molar refractivity (Wildman–Crippen MR) is 69.6 cm³/mol. The molecule has 0 saturated heterocycles. The van der Waals surface area contributed by atoms with Gasteiger partial charge in [0.15, 0.2) is 0 Å². The second-order valence-electron chi connectivity index (χ2n) is 4.13. The summed E-state index contributed by atoms with van der Waals surface area (Å²) in [6.07, 6.45) is 0. The second-order valence-corrected chi connectivity index (χ2v) is 4.13. The highest BCUT2D eigenvalue weighted by atomic mass is 16.2. The first-order chi connectivity index (χ1) is 8.61. The summed E-state index contributed by atoms with van der Waals surface area (Å²) in [5.74, 6) is 0.655. The van der Waals surface area contributed by atoms with Crippen molar-refractivity contribution in [2.24, 2.45) is 0 Å². The maximum Gasteiger partial charge on any atom is 0.297 e. The Balaban J connectivity index is 2.31. The van der Waals surface area contributed by atoms with Crippen LogP contribution in [0.25, 0.3) is 0 Å². The Bertz CT molecular complexity index is 562. The van der Waals surface area contributed by atoms with Gasteiger partial charge in [-0.1, -0.05) is 12.1 Å². The van der Waals surface area contributed by atoms with Crippen LogP contribution in [0.15, 0.2) is 24.3 Å². The molecule has 1 heterocycles. The van der Waals surface area contributed by atoms with Crippen LogP contribution >= 0.6 is 0 Å². The lowest BCUT2D eigenvalue weighted by atomic mass is 10.2. The number of rotatable bonds is 3. The molecule has 5 nitrogen and oxygen atoms in total. The highest BCUT2D eigenvalue weighted by Crippen LogP contribution is 2.17. The van der Waals surface area contributed by atoms with Gasteiger partial charge in [0.25, 0.3) is 5.91 Å². The Hall–Kier alpha value is -2.17. The molecule has 0 unspecified atom stereocenters. The molecule has 18 heavy (non-hydrogen) atoms. The SMILES string of the molecule is CCN(C(=O)c1n[nH]c(C)n1)c1cccc(C)c1. The summed E-state index contributed by atoms with van der Waals surface area (Å²) >= 11 is 0. The molecule has 0 fully saturated rings. The third-order valence-electron chi connectivity index (χ3n) is 2.66. The van der Waals surface area contributed by atoms with Gasteiger partial charge in [-0.3, -0.25) is 9.89 Å². The lowest BCUT2D eigenvalue weighted by molar-refractivity contribution is 0.0978. The molecule has 1 aromatic heterocycles. The summed E-state index contributed by atoms with van der Waals surface area (Å²) < 4.78 is 0. The highest BCUT2D eigenvalue weighted by Gasteiger charge is 2.19. The van der Waals surface area contributed by atoms with E-state index in [1.54, 1.807) is 11.8 Å². The van der Waals surface area contributed by atoms with E-state index < -0.39 is 0 Å². The first-order valence-electron chi connectivity index (χ1n) is 5.89. The molecule has 1 N–H and O–H groups in total. The largest absolute Gasteiger partial charge is 0.306 e. The van der Waals surface area contributed by atoms with Gasteiger partial charge in [-0.25, -0.2) is 4.98 Å². The molecule has 0 saturated carbocycles. The number of carbonyl (C=O) groups excluding carboxylic acids is 1. The van der Waals surface area contributed by atoms with Crippen LogP contribution in [-0.4, -0.2) is 27.6 Å². The number of hydrogen-bond acceptors (Lipinski definition) is 3. The summed E-state index contributed by atoms with van der Waals surface area (Å²) in [4.78, 5) is 18.0. The highest BCUT2D eigenvalue weighted by molar-refractivity contribution is 6.03. The Morgan fingerprint density at radius 2 is 2.17 bits per heavy atom. The molecule has 0 aliphatic heterocycles. The third kappa shape index (κ3) is 2.40. The fourth-order valence-corrected chi connectivity index (χ4v) is 1.80. The molecular formula is C13H16N4O. The monoisotopic (exact) mass is 244 g/mol. The van der Waals surface area contributed by atoms with Gasteiger partial charge in [0.2, 0.25) is 5.82 Å². The van der Waals surface area contributed by atoms with Gasteiger partial charge in [-0.05, 0) is 38.5 Å². The normalized spacial score (nSPS) is 10.4. The molecule has 2 rings (SSSR count). The van der Waals surface area contributed by atoms with E-state index in [0.717, 1.165) is 11.3 Å². The maximum atomic E-state index is 12.3. The number of carbonyl (C=O) groups is 1. The molecule has 2 aromatic rings. The van der Waals surface area contributed by atoms with Crippen LogP contribution in [0.3, 0.4) is 0 Å². The van der Waals surface area contributed by atoms with E-state index in [9.17, 15) is 4.79 Å². The van der Waals surface area contributed by atoms with Crippen LogP contribution < -0.4 is 4.90 Å². The lowest BCUT2D eigenvalue weighted by Gasteiger charge is -2.19. The van der Waals surface area contributed by atoms with Crippen molar-refractivity contribution in [3.63, 3.8) is 0 Å². The number of anilines is 1. The summed E-state index contributed by atoms with van der Waals surface area (Å²) in [6, 6.07) is 7.82. The molecule has 5 heteroatoms. The first kappa shape index (κ1) is 12.3. The van der Waals surface area contributed by atoms with Crippen molar-refractivity contribution < 1.29 is 4.79 Å². The van der Waals surface area contributed by atoms with Crippen LogP contribution in [0, 0.1) is 13.8 Å². The zero-order valence-corrected chi connectivity index (χ0v) is 10.8. The number of aromatic nitrogens is 3. The molecular weight excluding hydrogens is 228 g/mol. The van der Waals surface area contributed by atoms with E-state index in [2.05, 4.69) is 15.2 Å². The van der Waals surface area contributed by atoms with Crippen molar-refractivity contribution in [2.45, 2.75) is 20.8 Å². The van der Waals surface area contributed by atoms with Crippen molar-refractivity contribution in [2.75, 3.05) is 11.4 Å². The number of aromatic amines is 1. The number of nitrogens with zero attached hydrogens (tertiary/aromatic N) is 3. The number of nitrogens with one attached hydrogen (secondary N) is 1. The van der Waals surface area contributed by atoms with Gasteiger partial charge in [-0.2, -0.15) is 0 Å². The fraction of sp³-hybridized carbons (Fsp3) is 0.308. The van der Waals surface area contributed by atoms with Gasteiger partial charge < -0.3 is 4.90 Å². The van der Waals surface area contributed by atoms with Crippen LogP contribution in [0.4, 0.5) is 5.69 Å². The molecule has 0 bridgehead atoms. The maximum absolute atomic E-state index is 12.3. The molecule has 0 spiro atoms. The summed E-state index contributed by atoms with van der Waals surface area (Å²) in [5, 5.41) is 6.59. The van der Waals surface area contributed by atoms with Gasteiger partial charge in [0, 0.05) is 12.2 Å². The van der Waals surface area contributed by atoms with Crippen LogP contribution in [0.2, 0.25) is 0 Å². The quantitative estimate of drug-likeness (QED) is 0.899. The second kappa shape index (κ2) is 5.00. The van der Waals surface area contributed by atoms with Gasteiger partial charge in [0.05, 0.1) is 0 Å². The van der Waals surface area contributed by atoms with E-state index in [-0.39, 0.29) is 11.7 Å². The Labute approximate surface area is 106 Å². The average Bonchev–Trinajstić information content (AvgIpc) is 2.77. The number of benzene rings is 1. The van der Waals surface area contributed by atoms with Gasteiger partial charge in [0.1, 0.15) is 5.82 Å². The molecule has 1 aromatic carbocycles. The smallest absolute Gasteiger partial charge is 0.297 e. The van der Waals surface area contributed by atoms with Crippen molar-refractivity contribution in [1.29, 1.82) is 0 Å². The number of amides is 1. The molecule has 94 valence electrons. The van der Waals surface area contributed by atoms with Crippen LogP contribution in [-0.2, 0) is 0 Å². The molecule has 0 aliphatic carbocycles. The fourth-order valence-electron chi connectivity index (χ4n) is 1.80. The van der Waals surface area contributed by atoms with Crippen molar-refractivity contribution in [1.82, 2.24) is 15.2 Å². The number of aryl methyl sites for hydroxylation is 2. The molecule has 0 radical (unpaired) electrons. The van der Waals surface area contributed by atoms with E-state index in [4.69, 9.17) is 0 Å². The third-order valence-corrected chi connectivity index (χ3v) is 2.66. The molecule has 0 atom stereocenters. The first-order valence-corrected chi connectivity index (χ1v) is 5.89. The minimum Gasteiger partial charge on any atom is -0.306 e. The summed E-state index contributed by atoms with van der Waals surface area (Å²) in [6.45, 7) is 6.28. The van der Waals surface area contributed by atoms with Crippen LogP contribution in [0.1, 0.15) is 28.9 Å². The Kier molecular flexibility index (Phi) is 3.41. The number of H-pyrrole nitrogens is 1. The Morgan fingerprint density at radius 1 is 1.39 bits per heavy atom. The van der Waals surface area contributed by atoms with E-state index in [0.29, 0.717) is 12.4 Å². The van der Waals surface area contributed by atoms with E-state index in [1.165, 1.54) is 0 Å². The zero-order chi connectivity index (χ0) is 13.1. The molecule has 1 amide bonds. The summed E-state index contributed by atoms with van der Waals surface area (Å²) in [7, 11) is 0. The van der Waals surface area contributed by atoms with Crippen molar-refractivity contribution in [3.05, 3.63) is 41.5 Å². The number of hydrogen-bond donors (Lipinski definition) is 1. The zero-order valence-electron chi connectivity index (χ0n) is 10.8. The Morgan fingerprint density at radius 3 is 2.72 bits per heavy atom. The summed E-state index contributed by atoms with van der Waals surface area (Å²) in [5.41, 5.74) is 1.98. The van der Waals surface area contributed by atoms with E-state index >= 15 is 0 Å². The molecule has 0 aliphatic rings. The van der Waals surface area contributed by atoms with Gasteiger partial charge >= 0.3 is 0 Å². The van der Waals surface area contributed by atoms with Gasteiger partial charge in [-0.15, -0.1) is 5.10 Å². The van der Waals surface area contributed by atoms with Crippen molar-refractivity contribution >= 4 is 11.6 Å². The van der Waals surface area contributed by atoms with E-state index in [1.807, 2.05) is 38.1 Å². The van der Waals surface area contributed by atoms with Crippen molar-refractivity contribution in [3.8, 4) is 0 Å².